The highest BCUT2D eigenvalue weighted by Crippen LogP contribution is 2.24. The van der Waals surface area contributed by atoms with E-state index in [1.807, 2.05) is 6.07 Å². The highest BCUT2D eigenvalue weighted by molar-refractivity contribution is 6.09. The predicted octanol–water partition coefficient (Wildman–Crippen LogP) is 3.18. The van der Waals surface area contributed by atoms with Gasteiger partial charge in [-0.3, -0.25) is 4.79 Å². The number of aliphatic hydroxyl groups is 1. The van der Waals surface area contributed by atoms with E-state index in [-0.39, 0.29) is 17.1 Å². The number of benzene rings is 2. The van der Waals surface area contributed by atoms with E-state index in [4.69, 9.17) is 4.74 Å². The van der Waals surface area contributed by atoms with Crippen molar-refractivity contribution in [3.8, 4) is 11.5 Å². The van der Waals surface area contributed by atoms with E-state index in [2.05, 4.69) is 0 Å². The van der Waals surface area contributed by atoms with E-state index in [0.29, 0.717) is 11.3 Å². The van der Waals surface area contributed by atoms with Gasteiger partial charge in [0.25, 0.3) is 0 Å². The molecule has 0 saturated heterocycles. The molecule has 2 aromatic carbocycles. The number of methoxy groups -OCH3 is 1. The minimum Gasteiger partial charge on any atom is -0.507 e. The lowest BCUT2D eigenvalue weighted by molar-refractivity contribution is 0.104. The third kappa shape index (κ3) is 2.98. The van der Waals surface area contributed by atoms with Gasteiger partial charge in [-0.25, -0.2) is 0 Å². The van der Waals surface area contributed by atoms with E-state index in [0.717, 1.165) is 6.08 Å². The fraction of sp³-hybridized carbons (Fsp3) is 0.0625. The summed E-state index contributed by atoms with van der Waals surface area (Å²) >= 11 is 0. The number of allylic oxidation sites excluding steroid dienone is 1. The Balaban J connectivity index is 2.28. The number of carbonyl (C=O) groups is 1. The molecule has 0 aromatic heterocycles. The van der Waals surface area contributed by atoms with E-state index in [1.165, 1.54) is 19.2 Å². The molecule has 20 heavy (non-hydrogen) atoms. The lowest BCUT2D eigenvalue weighted by Crippen LogP contribution is -1.97. The molecule has 0 aliphatic carbocycles. The maximum atomic E-state index is 12.0. The molecule has 2 aromatic rings. The first-order valence-corrected chi connectivity index (χ1v) is 5.99. The molecule has 0 atom stereocenters. The van der Waals surface area contributed by atoms with Crippen LogP contribution in [0.4, 0.5) is 0 Å². The van der Waals surface area contributed by atoms with Crippen LogP contribution in [0.3, 0.4) is 0 Å². The molecular weight excluding hydrogens is 256 g/mol. The third-order valence-electron chi connectivity index (χ3n) is 2.81. The van der Waals surface area contributed by atoms with Crippen LogP contribution in [0, 0.1) is 0 Å². The summed E-state index contributed by atoms with van der Waals surface area (Å²) in [5.41, 5.74) is 0.641. The molecule has 0 aliphatic heterocycles. The molecule has 0 unspecified atom stereocenters. The summed E-state index contributed by atoms with van der Waals surface area (Å²) in [6.07, 6.45) is 1.08. The zero-order chi connectivity index (χ0) is 14.5. The molecule has 0 spiro atoms. The number of phenolic OH excluding ortho intramolecular Hbond substituents is 1. The molecule has 0 aliphatic rings. The van der Waals surface area contributed by atoms with Crippen molar-refractivity contribution in [3.05, 3.63) is 65.7 Å². The average Bonchev–Trinajstić information content (AvgIpc) is 2.47. The van der Waals surface area contributed by atoms with Crippen LogP contribution in [0.1, 0.15) is 15.9 Å². The van der Waals surface area contributed by atoms with Crippen LogP contribution in [-0.4, -0.2) is 23.1 Å². The number of hydrogen-bond acceptors (Lipinski definition) is 4. The topological polar surface area (TPSA) is 66.8 Å². The Hall–Kier alpha value is -2.75. The van der Waals surface area contributed by atoms with Gasteiger partial charge in [-0.15, -0.1) is 0 Å². The summed E-state index contributed by atoms with van der Waals surface area (Å²) in [5.74, 6) is -0.362. The summed E-state index contributed by atoms with van der Waals surface area (Å²) in [5, 5.41) is 19.6. The average molecular weight is 270 g/mol. The second-order valence-electron chi connectivity index (χ2n) is 4.14. The normalized spacial score (nSPS) is 11.2. The van der Waals surface area contributed by atoms with Crippen LogP contribution in [0.25, 0.3) is 5.76 Å². The first kappa shape index (κ1) is 13.7. The van der Waals surface area contributed by atoms with Gasteiger partial charge in [0.1, 0.15) is 17.3 Å². The minimum absolute atomic E-state index is 0.105. The van der Waals surface area contributed by atoms with Crippen molar-refractivity contribution >= 4 is 11.5 Å². The van der Waals surface area contributed by atoms with Gasteiger partial charge in [-0.1, -0.05) is 30.3 Å². The molecule has 0 bridgehead atoms. The second kappa shape index (κ2) is 5.93. The fourth-order valence-electron chi connectivity index (χ4n) is 1.74. The molecule has 4 heteroatoms. The van der Waals surface area contributed by atoms with Crippen LogP contribution in [-0.2, 0) is 0 Å². The van der Waals surface area contributed by atoms with Gasteiger partial charge in [0.2, 0.25) is 0 Å². The Bertz CT molecular complexity index is 645. The van der Waals surface area contributed by atoms with E-state index in [9.17, 15) is 15.0 Å². The molecular formula is C16H14O4. The van der Waals surface area contributed by atoms with Gasteiger partial charge in [-0.05, 0) is 12.1 Å². The number of ether oxygens (including phenoxy) is 1. The molecule has 0 heterocycles. The zero-order valence-electron chi connectivity index (χ0n) is 10.9. The Morgan fingerprint density at radius 1 is 1.15 bits per heavy atom. The number of ketones is 1. The smallest absolute Gasteiger partial charge is 0.193 e. The zero-order valence-corrected chi connectivity index (χ0v) is 10.9. The second-order valence-corrected chi connectivity index (χ2v) is 4.14. The Morgan fingerprint density at radius 3 is 2.45 bits per heavy atom. The number of phenols is 1. The van der Waals surface area contributed by atoms with Crippen molar-refractivity contribution in [3.63, 3.8) is 0 Å². The van der Waals surface area contributed by atoms with E-state index >= 15 is 0 Å². The minimum atomic E-state index is -0.480. The number of aromatic hydroxyl groups is 1. The fourth-order valence-corrected chi connectivity index (χ4v) is 1.74. The maximum Gasteiger partial charge on any atom is 0.193 e. The summed E-state index contributed by atoms with van der Waals surface area (Å²) in [4.78, 5) is 12.0. The monoisotopic (exact) mass is 270 g/mol. The first-order valence-electron chi connectivity index (χ1n) is 5.99. The quantitative estimate of drug-likeness (QED) is 0.508. The SMILES string of the molecule is COc1ccc(C(=O)/C=C(\O)c2ccccc2)c(O)c1. The Kier molecular flexibility index (Phi) is 4.05. The van der Waals surface area contributed by atoms with Gasteiger partial charge in [-0.2, -0.15) is 0 Å². The lowest BCUT2D eigenvalue weighted by atomic mass is 10.1. The van der Waals surface area contributed by atoms with Crippen LogP contribution in [0.15, 0.2) is 54.6 Å². The Morgan fingerprint density at radius 2 is 1.85 bits per heavy atom. The number of hydrogen-bond donors (Lipinski definition) is 2. The molecule has 4 nitrogen and oxygen atoms in total. The highest BCUT2D eigenvalue weighted by atomic mass is 16.5. The van der Waals surface area contributed by atoms with Crippen LogP contribution < -0.4 is 4.74 Å². The number of rotatable bonds is 4. The van der Waals surface area contributed by atoms with Crippen LogP contribution >= 0.6 is 0 Å². The molecule has 0 fully saturated rings. The molecule has 102 valence electrons. The van der Waals surface area contributed by atoms with Gasteiger partial charge in [0.05, 0.1) is 12.7 Å². The van der Waals surface area contributed by atoms with Crippen molar-refractivity contribution in [2.24, 2.45) is 0 Å². The summed E-state index contributed by atoms with van der Waals surface area (Å²) in [6.45, 7) is 0. The highest BCUT2D eigenvalue weighted by Gasteiger charge is 2.11. The molecule has 0 amide bonds. The standard InChI is InChI=1S/C16H14O4/c1-20-12-7-8-13(15(18)9-12)16(19)10-14(17)11-5-3-2-4-6-11/h2-10,17-18H,1H3/b14-10-. The summed E-state index contributed by atoms with van der Waals surface area (Å²) < 4.78 is 4.94. The molecule has 0 saturated carbocycles. The largest absolute Gasteiger partial charge is 0.507 e. The van der Waals surface area contributed by atoms with Crippen molar-refractivity contribution in [2.75, 3.05) is 7.11 Å². The van der Waals surface area contributed by atoms with Gasteiger partial charge >= 0.3 is 0 Å². The maximum absolute atomic E-state index is 12.0. The molecule has 2 N–H and O–H groups in total. The summed E-state index contributed by atoms with van der Waals surface area (Å²) in [7, 11) is 1.47. The Labute approximate surface area is 116 Å². The van der Waals surface area contributed by atoms with Crippen molar-refractivity contribution in [2.45, 2.75) is 0 Å². The predicted molar refractivity (Wildman–Crippen MR) is 76.0 cm³/mol. The van der Waals surface area contributed by atoms with Gasteiger partial charge in [0, 0.05) is 17.7 Å². The molecule has 2 rings (SSSR count). The van der Waals surface area contributed by atoms with Gasteiger partial charge < -0.3 is 14.9 Å². The third-order valence-corrected chi connectivity index (χ3v) is 2.81. The van der Waals surface area contributed by atoms with E-state index < -0.39 is 5.78 Å². The van der Waals surface area contributed by atoms with Crippen molar-refractivity contribution < 1.29 is 19.7 Å². The number of carbonyl (C=O) groups excluding carboxylic acids is 1. The lowest BCUT2D eigenvalue weighted by Gasteiger charge is -2.05. The van der Waals surface area contributed by atoms with Crippen LogP contribution in [0.5, 0.6) is 11.5 Å². The number of aliphatic hydroxyl groups excluding tert-OH is 1. The van der Waals surface area contributed by atoms with Crippen molar-refractivity contribution in [1.82, 2.24) is 0 Å². The molecule has 0 radical (unpaired) electrons. The van der Waals surface area contributed by atoms with Gasteiger partial charge in [0.15, 0.2) is 5.78 Å². The van der Waals surface area contributed by atoms with Crippen LogP contribution in [0.2, 0.25) is 0 Å². The summed E-state index contributed by atoms with van der Waals surface area (Å²) in [6, 6.07) is 13.1. The van der Waals surface area contributed by atoms with Crippen molar-refractivity contribution in [1.29, 1.82) is 0 Å². The first-order chi connectivity index (χ1) is 9.61. The van der Waals surface area contributed by atoms with E-state index in [1.54, 1.807) is 30.3 Å².